The van der Waals surface area contributed by atoms with Gasteiger partial charge in [-0.15, -0.1) is 10.2 Å². The second-order valence-corrected chi connectivity index (χ2v) is 6.53. The summed E-state index contributed by atoms with van der Waals surface area (Å²) in [4.78, 5) is 12.6. The molecule has 3 aromatic rings. The van der Waals surface area contributed by atoms with Gasteiger partial charge >= 0.3 is 0 Å². The first-order valence-electron chi connectivity index (χ1n) is 9.04. The Labute approximate surface area is 157 Å². The molecule has 0 unspecified atom stereocenters. The lowest BCUT2D eigenvalue weighted by Gasteiger charge is -2.16. The molecular weight excluding hydrogens is 340 g/mol. The van der Waals surface area contributed by atoms with Crippen LogP contribution in [0.25, 0.3) is 11.1 Å². The van der Waals surface area contributed by atoms with Gasteiger partial charge in [-0.3, -0.25) is 4.79 Å². The number of aromatic nitrogens is 3. The fraction of sp³-hybridized carbons (Fsp3) is 0.250. The number of nitrogens with two attached hydrogens (primary N) is 1. The summed E-state index contributed by atoms with van der Waals surface area (Å²) in [5.74, 6) is 1.57. The average Bonchev–Trinajstić information content (AvgIpc) is 3.15. The van der Waals surface area contributed by atoms with Gasteiger partial charge in [0, 0.05) is 25.2 Å². The van der Waals surface area contributed by atoms with Crippen LogP contribution >= 0.6 is 0 Å². The van der Waals surface area contributed by atoms with Crippen molar-refractivity contribution in [3.63, 3.8) is 0 Å². The van der Waals surface area contributed by atoms with Crippen LogP contribution in [0, 0.1) is 0 Å². The SMILES string of the molecule is NCc1cccc(-c2cccc(C(=O)NCc3nnc4n3CCNC4)c2)c1. The summed E-state index contributed by atoms with van der Waals surface area (Å²) in [6, 6.07) is 15.6. The third-order valence-electron chi connectivity index (χ3n) is 4.73. The van der Waals surface area contributed by atoms with Crippen LogP contribution in [0.4, 0.5) is 0 Å². The molecule has 0 saturated heterocycles. The van der Waals surface area contributed by atoms with Gasteiger partial charge in [-0.05, 0) is 34.9 Å². The van der Waals surface area contributed by atoms with Crippen LogP contribution in [0.1, 0.15) is 27.6 Å². The van der Waals surface area contributed by atoms with E-state index in [2.05, 4.69) is 25.4 Å². The predicted octanol–water partition coefficient (Wildman–Crippen LogP) is 1.44. The molecule has 27 heavy (non-hydrogen) atoms. The molecule has 138 valence electrons. The highest BCUT2D eigenvalue weighted by Crippen LogP contribution is 2.21. The topological polar surface area (TPSA) is 97.9 Å². The molecule has 0 saturated carbocycles. The van der Waals surface area contributed by atoms with Gasteiger partial charge in [-0.1, -0.05) is 30.3 Å². The molecule has 0 atom stereocenters. The number of carbonyl (C=O) groups excluding carboxylic acids is 1. The molecule has 7 heteroatoms. The lowest BCUT2D eigenvalue weighted by Crippen LogP contribution is -2.31. The van der Waals surface area contributed by atoms with E-state index in [0.717, 1.165) is 41.4 Å². The van der Waals surface area contributed by atoms with Crippen LogP contribution in [-0.4, -0.2) is 27.2 Å². The third kappa shape index (κ3) is 3.74. The normalized spacial score (nSPS) is 13.2. The molecular formula is C20H22N6O. The van der Waals surface area contributed by atoms with Crippen LogP contribution in [0.2, 0.25) is 0 Å². The Morgan fingerprint density at radius 2 is 1.96 bits per heavy atom. The van der Waals surface area contributed by atoms with Crippen molar-refractivity contribution < 1.29 is 4.79 Å². The van der Waals surface area contributed by atoms with Crippen LogP contribution in [-0.2, 0) is 26.2 Å². The second kappa shape index (κ2) is 7.69. The van der Waals surface area contributed by atoms with Crippen LogP contribution in [0.3, 0.4) is 0 Å². The molecule has 1 aromatic heterocycles. The largest absolute Gasteiger partial charge is 0.345 e. The van der Waals surface area contributed by atoms with Gasteiger partial charge in [0.15, 0.2) is 5.82 Å². The summed E-state index contributed by atoms with van der Waals surface area (Å²) in [6.45, 7) is 3.27. The number of hydrogen-bond donors (Lipinski definition) is 3. The molecule has 0 radical (unpaired) electrons. The first-order chi connectivity index (χ1) is 13.2. The Balaban J connectivity index is 1.48. The van der Waals surface area contributed by atoms with E-state index < -0.39 is 0 Å². The zero-order valence-electron chi connectivity index (χ0n) is 15.0. The molecule has 2 heterocycles. The third-order valence-corrected chi connectivity index (χ3v) is 4.73. The lowest BCUT2D eigenvalue weighted by atomic mass is 10.0. The van der Waals surface area contributed by atoms with E-state index in [1.54, 1.807) is 0 Å². The smallest absolute Gasteiger partial charge is 0.251 e. The summed E-state index contributed by atoms with van der Waals surface area (Å²) in [5, 5.41) is 14.6. The molecule has 0 aliphatic carbocycles. The highest BCUT2D eigenvalue weighted by atomic mass is 16.1. The van der Waals surface area contributed by atoms with Crippen molar-refractivity contribution in [2.24, 2.45) is 5.73 Å². The molecule has 0 spiro atoms. The Kier molecular flexibility index (Phi) is 4.95. The molecule has 0 bridgehead atoms. The minimum Gasteiger partial charge on any atom is -0.345 e. The van der Waals surface area contributed by atoms with Crippen LogP contribution in [0.5, 0.6) is 0 Å². The zero-order valence-corrected chi connectivity index (χ0v) is 15.0. The lowest BCUT2D eigenvalue weighted by molar-refractivity contribution is 0.0949. The average molecular weight is 362 g/mol. The quantitative estimate of drug-likeness (QED) is 0.638. The van der Waals surface area contributed by atoms with Gasteiger partial charge in [-0.2, -0.15) is 0 Å². The van der Waals surface area contributed by atoms with E-state index in [9.17, 15) is 4.79 Å². The molecule has 4 rings (SSSR count). The van der Waals surface area contributed by atoms with Crippen LogP contribution in [0.15, 0.2) is 48.5 Å². The van der Waals surface area contributed by atoms with Gasteiger partial charge in [-0.25, -0.2) is 0 Å². The molecule has 4 N–H and O–H groups in total. The number of rotatable bonds is 5. The number of fused-ring (bicyclic) bond motifs is 1. The first-order valence-corrected chi connectivity index (χ1v) is 9.04. The van der Waals surface area contributed by atoms with Gasteiger partial charge < -0.3 is 20.9 Å². The zero-order chi connectivity index (χ0) is 18.6. The summed E-state index contributed by atoms with van der Waals surface area (Å²) >= 11 is 0. The molecule has 2 aromatic carbocycles. The fourth-order valence-electron chi connectivity index (χ4n) is 3.26. The summed E-state index contributed by atoms with van der Waals surface area (Å²) in [7, 11) is 0. The summed E-state index contributed by atoms with van der Waals surface area (Å²) in [5.41, 5.74) is 9.45. The van der Waals surface area contributed by atoms with Gasteiger partial charge in [0.05, 0.1) is 13.1 Å². The Morgan fingerprint density at radius 1 is 1.15 bits per heavy atom. The number of nitrogens with zero attached hydrogens (tertiary/aromatic N) is 3. The summed E-state index contributed by atoms with van der Waals surface area (Å²) in [6.07, 6.45) is 0. The fourth-order valence-corrected chi connectivity index (χ4v) is 3.26. The van der Waals surface area contributed by atoms with E-state index in [-0.39, 0.29) is 5.91 Å². The highest BCUT2D eigenvalue weighted by molar-refractivity contribution is 5.95. The van der Waals surface area contributed by atoms with E-state index >= 15 is 0 Å². The minimum atomic E-state index is -0.127. The molecule has 1 amide bonds. The monoisotopic (exact) mass is 362 g/mol. The number of hydrogen-bond acceptors (Lipinski definition) is 5. The van der Waals surface area contributed by atoms with E-state index in [1.807, 2.05) is 48.5 Å². The van der Waals surface area contributed by atoms with Crippen molar-refractivity contribution in [2.75, 3.05) is 6.54 Å². The Morgan fingerprint density at radius 3 is 2.81 bits per heavy atom. The molecule has 7 nitrogen and oxygen atoms in total. The Hall–Kier alpha value is -3.03. The van der Waals surface area contributed by atoms with E-state index in [0.29, 0.717) is 25.2 Å². The highest BCUT2D eigenvalue weighted by Gasteiger charge is 2.16. The number of amides is 1. The van der Waals surface area contributed by atoms with Gasteiger partial charge in [0.25, 0.3) is 5.91 Å². The maximum Gasteiger partial charge on any atom is 0.251 e. The minimum absolute atomic E-state index is 0.127. The van der Waals surface area contributed by atoms with E-state index in [1.165, 1.54) is 0 Å². The molecule has 0 fully saturated rings. The first kappa shape index (κ1) is 17.4. The maximum atomic E-state index is 12.6. The number of nitrogens with one attached hydrogen (secondary N) is 2. The van der Waals surface area contributed by atoms with Gasteiger partial charge in [0.2, 0.25) is 0 Å². The summed E-state index contributed by atoms with van der Waals surface area (Å²) < 4.78 is 2.06. The Bertz CT molecular complexity index is 965. The molecule has 1 aliphatic rings. The predicted molar refractivity (Wildman–Crippen MR) is 103 cm³/mol. The number of benzene rings is 2. The van der Waals surface area contributed by atoms with E-state index in [4.69, 9.17) is 5.73 Å². The van der Waals surface area contributed by atoms with Crippen molar-refractivity contribution >= 4 is 5.91 Å². The van der Waals surface area contributed by atoms with Crippen LogP contribution < -0.4 is 16.4 Å². The van der Waals surface area contributed by atoms with Gasteiger partial charge in [0.1, 0.15) is 5.82 Å². The second-order valence-electron chi connectivity index (χ2n) is 6.53. The number of carbonyl (C=O) groups is 1. The van der Waals surface area contributed by atoms with Crippen molar-refractivity contribution in [3.05, 3.63) is 71.3 Å². The van der Waals surface area contributed by atoms with Crippen molar-refractivity contribution in [2.45, 2.75) is 26.2 Å². The standard InChI is InChI=1S/C20H22N6O/c21-11-14-3-1-4-15(9-14)16-5-2-6-17(10-16)20(27)23-13-19-25-24-18-12-22-7-8-26(18)19/h1-6,9-10,22H,7-8,11-13,21H2,(H,23,27). The van der Waals surface area contributed by atoms with Crippen molar-refractivity contribution in [3.8, 4) is 11.1 Å². The molecule has 1 aliphatic heterocycles. The van der Waals surface area contributed by atoms with Crippen molar-refractivity contribution in [1.29, 1.82) is 0 Å². The van der Waals surface area contributed by atoms with Crippen molar-refractivity contribution in [1.82, 2.24) is 25.4 Å². The maximum absolute atomic E-state index is 12.6.